The molecule has 1 aliphatic heterocycles. The molecule has 0 spiro atoms. The van der Waals surface area contributed by atoms with Gasteiger partial charge >= 0.3 is 23.4 Å². The number of rotatable bonds is 3. The topological polar surface area (TPSA) is 127 Å². The number of hydrogen-bond donors (Lipinski definition) is 2. The fraction of sp³-hybridized carbons (Fsp3) is 0.333. The number of carboxylic acid groups (broad SMARTS) is 2. The van der Waals surface area contributed by atoms with E-state index in [2.05, 4.69) is 4.74 Å². The van der Waals surface area contributed by atoms with Crippen LogP contribution in [-0.4, -0.2) is 32.7 Å². The van der Waals surface area contributed by atoms with E-state index in [1.54, 1.807) is 0 Å². The number of nitro groups is 1. The van der Waals surface area contributed by atoms with Gasteiger partial charge in [0.25, 0.3) is 0 Å². The Morgan fingerprint density at radius 2 is 2.00 bits per heavy atom. The lowest BCUT2D eigenvalue weighted by atomic mass is 10.0. The van der Waals surface area contributed by atoms with E-state index in [4.69, 9.17) is 10.2 Å². The summed E-state index contributed by atoms with van der Waals surface area (Å²) in [6.45, 7) is 0. The first kappa shape index (κ1) is 9.96. The Balaban J connectivity index is 2.96. The van der Waals surface area contributed by atoms with Crippen molar-refractivity contribution in [2.24, 2.45) is 0 Å². The van der Waals surface area contributed by atoms with Gasteiger partial charge in [0.2, 0.25) is 0 Å². The van der Waals surface area contributed by atoms with E-state index in [0.29, 0.717) is 0 Å². The lowest BCUT2D eigenvalue weighted by molar-refractivity contribution is -0.465. The molecule has 8 nitrogen and oxygen atoms in total. The number of ether oxygens (including phenoxy) is 1. The van der Waals surface area contributed by atoms with Crippen molar-refractivity contribution in [1.82, 2.24) is 0 Å². The lowest BCUT2D eigenvalue weighted by Crippen LogP contribution is -2.46. The average Bonchev–Trinajstić information content (AvgIpc) is 2.48. The molecule has 76 valence electrons. The third-order valence-corrected chi connectivity index (χ3v) is 1.71. The van der Waals surface area contributed by atoms with Crippen LogP contribution in [0.5, 0.6) is 0 Å². The maximum atomic E-state index is 10.6. The molecule has 0 aromatic rings. The van der Waals surface area contributed by atoms with Crippen LogP contribution in [0, 0.1) is 10.1 Å². The van der Waals surface area contributed by atoms with Gasteiger partial charge in [-0.05, 0) is 0 Å². The minimum Gasteiger partial charge on any atom is -0.478 e. The first-order valence-electron chi connectivity index (χ1n) is 3.40. The summed E-state index contributed by atoms with van der Waals surface area (Å²) in [6, 6.07) is 0. The summed E-state index contributed by atoms with van der Waals surface area (Å²) in [7, 11) is 0. The number of carbonyl (C=O) groups is 2. The second-order valence-electron chi connectivity index (χ2n) is 2.54. The zero-order chi connectivity index (χ0) is 10.9. The van der Waals surface area contributed by atoms with Gasteiger partial charge in [-0.1, -0.05) is 0 Å². The van der Waals surface area contributed by atoms with Crippen LogP contribution in [0.2, 0.25) is 0 Å². The van der Waals surface area contributed by atoms with Gasteiger partial charge in [-0.15, -0.1) is 0 Å². The van der Waals surface area contributed by atoms with Crippen LogP contribution >= 0.6 is 0 Å². The Labute approximate surface area is 76.5 Å². The van der Waals surface area contributed by atoms with Crippen molar-refractivity contribution in [1.29, 1.82) is 0 Å². The summed E-state index contributed by atoms with van der Waals surface area (Å²) < 4.78 is 4.30. The van der Waals surface area contributed by atoms with E-state index in [0.717, 1.165) is 6.08 Å². The van der Waals surface area contributed by atoms with Crippen molar-refractivity contribution in [3.63, 3.8) is 0 Å². The highest BCUT2D eigenvalue weighted by atomic mass is 16.7. The van der Waals surface area contributed by atoms with Gasteiger partial charge in [-0.3, -0.25) is 10.1 Å². The largest absolute Gasteiger partial charge is 0.478 e. The third kappa shape index (κ3) is 1.26. The Hall–Kier alpha value is -2.12. The smallest absolute Gasteiger partial charge is 0.425 e. The fourth-order valence-corrected chi connectivity index (χ4v) is 0.958. The third-order valence-electron chi connectivity index (χ3n) is 1.71. The molecular formula is C6H5NO7. The average molecular weight is 203 g/mol. The highest BCUT2D eigenvalue weighted by Crippen LogP contribution is 2.29. The molecule has 0 saturated heterocycles. The van der Waals surface area contributed by atoms with Gasteiger partial charge in [0.1, 0.15) is 4.92 Å². The molecule has 1 rings (SSSR count). The van der Waals surface area contributed by atoms with Crippen molar-refractivity contribution >= 4 is 11.9 Å². The molecule has 14 heavy (non-hydrogen) atoms. The molecule has 0 atom stereocenters. The minimum absolute atomic E-state index is 0.562. The van der Waals surface area contributed by atoms with E-state index in [1.807, 2.05) is 0 Å². The SMILES string of the molecule is O=C(O)C1(C(=O)O)CC=C([N+](=O)[O-])O1. The zero-order valence-electron chi connectivity index (χ0n) is 6.67. The van der Waals surface area contributed by atoms with Crippen molar-refractivity contribution < 1.29 is 29.5 Å². The zero-order valence-corrected chi connectivity index (χ0v) is 6.67. The van der Waals surface area contributed by atoms with E-state index in [-0.39, 0.29) is 0 Å². The maximum absolute atomic E-state index is 10.6. The highest BCUT2D eigenvalue weighted by Gasteiger charge is 2.55. The molecular weight excluding hydrogens is 198 g/mol. The summed E-state index contributed by atoms with van der Waals surface area (Å²) in [5.74, 6) is -4.38. The Bertz CT molecular complexity index is 330. The first-order valence-corrected chi connectivity index (χ1v) is 3.40. The van der Waals surface area contributed by atoms with Crippen molar-refractivity contribution in [3.05, 3.63) is 22.1 Å². The molecule has 0 bridgehead atoms. The molecule has 0 amide bonds. The molecule has 0 fully saturated rings. The quantitative estimate of drug-likeness (QED) is 0.357. The summed E-state index contributed by atoms with van der Waals surface area (Å²) in [6.07, 6.45) is 0.260. The fourth-order valence-electron chi connectivity index (χ4n) is 0.958. The number of carboxylic acids is 2. The first-order chi connectivity index (χ1) is 6.40. The van der Waals surface area contributed by atoms with Gasteiger partial charge in [-0.2, -0.15) is 0 Å². The number of aliphatic carboxylic acids is 2. The van der Waals surface area contributed by atoms with Crippen LogP contribution in [0.15, 0.2) is 12.0 Å². The summed E-state index contributed by atoms with van der Waals surface area (Å²) in [5, 5.41) is 27.3. The Morgan fingerprint density at radius 3 is 2.21 bits per heavy atom. The molecule has 0 aromatic heterocycles. The van der Waals surface area contributed by atoms with Crippen molar-refractivity contribution in [3.8, 4) is 0 Å². The molecule has 0 unspecified atom stereocenters. The Kier molecular flexibility index (Phi) is 2.12. The number of hydrogen-bond acceptors (Lipinski definition) is 5. The van der Waals surface area contributed by atoms with E-state index >= 15 is 0 Å². The van der Waals surface area contributed by atoms with Gasteiger partial charge in [-0.25, -0.2) is 9.59 Å². The molecule has 2 N–H and O–H groups in total. The van der Waals surface area contributed by atoms with Crippen molar-refractivity contribution in [2.45, 2.75) is 12.0 Å². The van der Waals surface area contributed by atoms with Gasteiger partial charge in [0.15, 0.2) is 0 Å². The van der Waals surface area contributed by atoms with Crippen LogP contribution < -0.4 is 0 Å². The highest BCUT2D eigenvalue weighted by molar-refractivity contribution is 6.02. The standard InChI is InChI=1S/C6H5NO7/c8-4(9)6(5(10)11)2-1-3(14-6)7(12)13/h1H,2H2,(H,8,9)(H,10,11). The second kappa shape index (κ2) is 2.98. The normalized spacial score (nSPS) is 18.1. The van der Waals surface area contributed by atoms with Crippen molar-refractivity contribution in [2.75, 3.05) is 0 Å². The van der Waals surface area contributed by atoms with Gasteiger partial charge in [0, 0.05) is 12.5 Å². The second-order valence-corrected chi connectivity index (χ2v) is 2.54. The maximum Gasteiger partial charge on any atom is 0.425 e. The Morgan fingerprint density at radius 1 is 1.50 bits per heavy atom. The molecule has 8 heteroatoms. The molecule has 0 aliphatic carbocycles. The molecule has 1 aliphatic rings. The lowest BCUT2D eigenvalue weighted by Gasteiger charge is -2.16. The van der Waals surface area contributed by atoms with Gasteiger partial charge in [0.05, 0.1) is 0 Å². The summed E-state index contributed by atoms with van der Waals surface area (Å²) >= 11 is 0. The van der Waals surface area contributed by atoms with Crippen LogP contribution in [-0.2, 0) is 14.3 Å². The van der Waals surface area contributed by atoms with Crippen LogP contribution in [0.4, 0.5) is 0 Å². The molecule has 0 radical (unpaired) electrons. The van der Waals surface area contributed by atoms with Crippen LogP contribution in [0.3, 0.4) is 0 Å². The van der Waals surface area contributed by atoms with E-state index in [9.17, 15) is 19.7 Å². The summed E-state index contributed by atoms with van der Waals surface area (Å²) in [5.41, 5.74) is -2.55. The predicted octanol–water partition coefficient (Wildman–Crippen LogP) is -0.567. The summed E-state index contributed by atoms with van der Waals surface area (Å²) in [4.78, 5) is 30.3. The van der Waals surface area contributed by atoms with Gasteiger partial charge < -0.3 is 14.9 Å². The van der Waals surface area contributed by atoms with E-state index < -0.39 is 34.8 Å². The molecule has 1 heterocycles. The predicted molar refractivity (Wildman–Crippen MR) is 38.8 cm³/mol. The number of nitrogens with zero attached hydrogens (tertiary/aromatic N) is 1. The van der Waals surface area contributed by atoms with E-state index in [1.165, 1.54) is 0 Å². The van der Waals surface area contributed by atoms with Crippen LogP contribution in [0.25, 0.3) is 0 Å². The molecule has 0 aromatic carbocycles. The monoisotopic (exact) mass is 203 g/mol. The minimum atomic E-state index is -2.55. The van der Waals surface area contributed by atoms with Crippen LogP contribution in [0.1, 0.15) is 6.42 Å². The molecule has 0 saturated carbocycles.